The van der Waals surface area contributed by atoms with Crippen molar-refractivity contribution in [3.63, 3.8) is 0 Å². The van der Waals surface area contributed by atoms with Gasteiger partial charge >= 0.3 is 0 Å². The van der Waals surface area contributed by atoms with Gasteiger partial charge in [-0.2, -0.15) is 0 Å². The number of nitrogens with one attached hydrogen (secondary N) is 2. The molecule has 4 rings (SSSR count). The zero-order valence-corrected chi connectivity index (χ0v) is 17.7. The Bertz CT molecular complexity index is 978. The van der Waals surface area contributed by atoms with Crippen molar-refractivity contribution in [2.24, 2.45) is 4.99 Å². The lowest BCUT2D eigenvalue weighted by Crippen LogP contribution is -2.14. The van der Waals surface area contributed by atoms with Crippen LogP contribution in [0.2, 0.25) is 5.02 Å². The molecule has 1 aromatic heterocycles. The number of anilines is 1. The highest BCUT2D eigenvalue weighted by Gasteiger charge is 2.23. The highest BCUT2D eigenvalue weighted by atomic mass is 35.5. The summed E-state index contributed by atoms with van der Waals surface area (Å²) in [5.41, 5.74) is 3.09. The van der Waals surface area contributed by atoms with Gasteiger partial charge in [0.1, 0.15) is 14.9 Å². The summed E-state index contributed by atoms with van der Waals surface area (Å²) in [5.74, 6) is 1.01. The van der Waals surface area contributed by atoms with E-state index >= 15 is 0 Å². The monoisotopic (exact) mass is 425 g/mol. The van der Waals surface area contributed by atoms with E-state index in [4.69, 9.17) is 16.6 Å². The lowest BCUT2D eigenvalue weighted by molar-refractivity contribution is 0.594. The van der Waals surface area contributed by atoms with Crippen molar-refractivity contribution in [3.8, 4) is 0 Å². The van der Waals surface area contributed by atoms with E-state index in [0.717, 1.165) is 38.1 Å². The van der Waals surface area contributed by atoms with E-state index in [1.165, 1.54) is 31.9 Å². The number of H-pyrrole nitrogens is 1. The summed E-state index contributed by atoms with van der Waals surface area (Å²) in [7, 11) is -2.95. The Kier molecular flexibility index (Phi) is 5.45. The van der Waals surface area contributed by atoms with Gasteiger partial charge in [0.15, 0.2) is 0 Å². The lowest BCUT2D eigenvalue weighted by atomic mass is 10.2. The van der Waals surface area contributed by atoms with Crippen LogP contribution in [-0.2, 0) is 9.84 Å². The van der Waals surface area contributed by atoms with E-state index in [1.807, 2.05) is 12.1 Å². The first-order valence-corrected chi connectivity index (χ1v) is 12.8. The average Bonchev–Trinajstić information content (AvgIpc) is 3.32. The molecule has 1 saturated carbocycles. The third-order valence-corrected chi connectivity index (χ3v) is 7.52. The van der Waals surface area contributed by atoms with Crippen molar-refractivity contribution in [1.82, 2.24) is 4.98 Å². The highest BCUT2D eigenvalue weighted by molar-refractivity contribution is 8.14. The van der Waals surface area contributed by atoms with Gasteiger partial charge in [0, 0.05) is 28.5 Å². The number of aliphatic imine (C=N–C) groups is 1. The van der Waals surface area contributed by atoms with Crippen molar-refractivity contribution in [2.45, 2.75) is 44.2 Å². The molecule has 2 heterocycles. The van der Waals surface area contributed by atoms with Gasteiger partial charge in [-0.1, -0.05) is 24.4 Å². The first-order valence-electron chi connectivity index (χ1n) is 9.35. The molecular weight excluding hydrogens is 402 g/mol. The number of fused-ring (bicyclic) bond motifs is 1. The summed E-state index contributed by atoms with van der Waals surface area (Å²) < 4.78 is 22.8. The van der Waals surface area contributed by atoms with Gasteiger partial charge in [0.2, 0.25) is 0 Å². The van der Waals surface area contributed by atoms with Crippen LogP contribution in [0.25, 0.3) is 10.9 Å². The number of aromatic nitrogens is 1. The third kappa shape index (κ3) is 4.63. The lowest BCUT2D eigenvalue weighted by Gasteiger charge is -2.14. The number of benzene rings is 1. The van der Waals surface area contributed by atoms with Crippen LogP contribution < -0.4 is 5.32 Å². The molecule has 5 nitrogen and oxygen atoms in total. The van der Waals surface area contributed by atoms with E-state index in [-0.39, 0.29) is 11.8 Å². The van der Waals surface area contributed by atoms with E-state index < -0.39 is 9.84 Å². The minimum atomic E-state index is -2.95. The van der Waals surface area contributed by atoms with Crippen molar-refractivity contribution in [3.05, 3.63) is 28.9 Å². The second kappa shape index (κ2) is 7.68. The second-order valence-corrected chi connectivity index (χ2v) is 11.2. The number of hydrogen-bond donors (Lipinski definition) is 2. The van der Waals surface area contributed by atoms with Crippen LogP contribution in [0.1, 0.15) is 37.8 Å². The van der Waals surface area contributed by atoms with Crippen molar-refractivity contribution in [2.75, 3.05) is 23.1 Å². The van der Waals surface area contributed by atoms with Crippen LogP contribution in [0.4, 0.5) is 5.69 Å². The van der Waals surface area contributed by atoms with Crippen molar-refractivity contribution >= 4 is 54.8 Å². The number of halogens is 1. The van der Waals surface area contributed by atoms with Crippen LogP contribution in [-0.4, -0.2) is 48.3 Å². The van der Waals surface area contributed by atoms with Crippen LogP contribution in [0, 0.1) is 0 Å². The van der Waals surface area contributed by atoms with Crippen molar-refractivity contribution in [1.29, 1.82) is 0 Å². The number of thioether (sulfide) groups is 1. The fraction of sp³-hybridized carbons (Fsp3) is 0.526. The van der Waals surface area contributed by atoms with E-state index in [2.05, 4.69) is 16.4 Å². The summed E-state index contributed by atoms with van der Waals surface area (Å²) in [6, 6.07) is 6.62. The maximum Gasteiger partial charge on any atom is 0.147 e. The zero-order valence-electron chi connectivity index (χ0n) is 15.3. The van der Waals surface area contributed by atoms with Crippen LogP contribution >= 0.6 is 23.4 Å². The van der Waals surface area contributed by atoms with Gasteiger partial charge in [0.05, 0.1) is 28.7 Å². The Morgan fingerprint density at radius 3 is 2.81 bits per heavy atom. The average molecular weight is 426 g/mol. The molecule has 0 saturated heterocycles. The van der Waals surface area contributed by atoms with Crippen molar-refractivity contribution < 1.29 is 8.42 Å². The van der Waals surface area contributed by atoms with E-state index in [9.17, 15) is 8.42 Å². The highest BCUT2D eigenvalue weighted by Crippen LogP contribution is 2.33. The van der Waals surface area contributed by atoms with Gasteiger partial charge in [-0.05, 0) is 37.5 Å². The predicted octanol–water partition coefficient (Wildman–Crippen LogP) is 4.47. The third-order valence-electron chi connectivity index (χ3n) is 5.17. The fourth-order valence-electron chi connectivity index (χ4n) is 3.79. The molecule has 1 aliphatic carbocycles. The normalized spacial score (nSPS) is 21.1. The Balaban J connectivity index is 1.58. The number of sulfone groups is 1. The fourth-order valence-corrected chi connectivity index (χ4v) is 5.79. The molecule has 0 amide bonds. The molecule has 1 aromatic carbocycles. The summed E-state index contributed by atoms with van der Waals surface area (Å²) >= 11 is 8.02. The first-order chi connectivity index (χ1) is 12.9. The SMILES string of the molecule is CS(=O)(=O)CCC1CSC(c2cc3cc(Cl)cc(NC4CCCC4)c3[nH]2)=N1. The summed E-state index contributed by atoms with van der Waals surface area (Å²) in [6.45, 7) is 0. The smallest absolute Gasteiger partial charge is 0.147 e. The predicted molar refractivity (Wildman–Crippen MR) is 116 cm³/mol. The summed E-state index contributed by atoms with van der Waals surface area (Å²) in [4.78, 5) is 8.25. The number of aromatic amines is 1. The van der Waals surface area contributed by atoms with Gasteiger partial charge in [-0.25, -0.2) is 8.42 Å². The van der Waals surface area contributed by atoms with Gasteiger partial charge in [0.25, 0.3) is 0 Å². The van der Waals surface area contributed by atoms with Gasteiger partial charge < -0.3 is 10.3 Å². The second-order valence-electron chi connectivity index (χ2n) is 7.54. The molecular formula is C19H24ClN3O2S2. The summed E-state index contributed by atoms with van der Waals surface area (Å²) in [5, 5.41) is 6.39. The first kappa shape index (κ1) is 19.2. The maximum atomic E-state index is 11.4. The van der Waals surface area contributed by atoms with Crippen LogP contribution in [0.5, 0.6) is 0 Å². The summed E-state index contributed by atoms with van der Waals surface area (Å²) in [6.07, 6.45) is 6.81. The molecule has 0 radical (unpaired) electrons. The molecule has 1 fully saturated rings. The number of hydrogen-bond acceptors (Lipinski definition) is 5. The molecule has 2 N–H and O–H groups in total. The van der Waals surface area contributed by atoms with E-state index in [0.29, 0.717) is 12.5 Å². The van der Waals surface area contributed by atoms with Gasteiger partial charge in [-0.3, -0.25) is 4.99 Å². The topological polar surface area (TPSA) is 74.3 Å². The molecule has 0 spiro atoms. The minimum Gasteiger partial charge on any atom is -0.381 e. The molecule has 0 bridgehead atoms. The molecule has 8 heteroatoms. The molecule has 1 unspecified atom stereocenters. The molecule has 1 aliphatic heterocycles. The van der Waals surface area contributed by atoms with Crippen LogP contribution in [0.15, 0.2) is 23.2 Å². The Morgan fingerprint density at radius 2 is 2.07 bits per heavy atom. The molecule has 27 heavy (non-hydrogen) atoms. The molecule has 146 valence electrons. The quantitative estimate of drug-likeness (QED) is 0.715. The van der Waals surface area contributed by atoms with Gasteiger partial charge in [-0.15, -0.1) is 11.8 Å². The zero-order chi connectivity index (χ0) is 19.0. The molecule has 1 atom stereocenters. The number of nitrogens with zero attached hydrogens (tertiary/aromatic N) is 1. The maximum absolute atomic E-state index is 11.4. The van der Waals surface area contributed by atoms with Crippen LogP contribution in [0.3, 0.4) is 0 Å². The van der Waals surface area contributed by atoms with E-state index in [1.54, 1.807) is 11.8 Å². The molecule has 2 aromatic rings. The Morgan fingerprint density at radius 1 is 1.30 bits per heavy atom. The molecule has 2 aliphatic rings. The minimum absolute atomic E-state index is 0.0609. The number of rotatable bonds is 6. The largest absolute Gasteiger partial charge is 0.381 e. The standard InChI is InChI=1S/C19H24ClN3O2S2/c1-27(24,25)7-6-15-11-26-19(22-15)17-9-12-8-13(20)10-16(18(12)23-17)21-14-4-2-3-5-14/h8-10,14-15,21,23H,2-7,11H2,1H3. The Hall–Kier alpha value is -1.18. The Labute approximate surface area is 169 Å².